The first kappa shape index (κ1) is 13.4. The summed E-state index contributed by atoms with van der Waals surface area (Å²) < 4.78 is 0. The Morgan fingerprint density at radius 2 is 2.00 bits per heavy atom. The Labute approximate surface area is 87.4 Å². The maximum absolute atomic E-state index is 11.3. The first-order valence-corrected chi connectivity index (χ1v) is 5.61. The Morgan fingerprint density at radius 3 is 2.50 bits per heavy atom. The molecule has 0 aliphatic rings. The normalized spacial score (nSPS) is 14.9. The maximum atomic E-state index is 11.3. The standard InChI is InChI=1S/C11H24N2O/c1-4-5-6-7-10(3)13-11(14)8-9(2)12/h9-10H,4-8,12H2,1-3H3,(H,13,14). The van der Waals surface area contributed by atoms with Gasteiger partial charge in [-0.05, 0) is 20.3 Å². The van der Waals surface area contributed by atoms with Gasteiger partial charge >= 0.3 is 0 Å². The fourth-order valence-corrected chi connectivity index (χ4v) is 1.40. The monoisotopic (exact) mass is 200 g/mol. The average Bonchev–Trinajstić information content (AvgIpc) is 2.02. The molecule has 3 heteroatoms. The Morgan fingerprint density at radius 1 is 1.36 bits per heavy atom. The van der Waals surface area contributed by atoms with E-state index in [1.54, 1.807) is 0 Å². The molecular formula is C11H24N2O. The van der Waals surface area contributed by atoms with Gasteiger partial charge in [0.25, 0.3) is 0 Å². The van der Waals surface area contributed by atoms with Crippen LogP contribution in [-0.4, -0.2) is 18.0 Å². The fraction of sp³-hybridized carbons (Fsp3) is 0.909. The molecule has 0 aromatic carbocycles. The van der Waals surface area contributed by atoms with Crippen molar-refractivity contribution in [1.82, 2.24) is 5.32 Å². The summed E-state index contributed by atoms with van der Waals surface area (Å²) in [6.45, 7) is 6.08. The SMILES string of the molecule is CCCCCC(C)NC(=O)CC(C)N. The van der Waals surface area contributed by atoms with Crippen LogP contribution in [0.5, 0.6) is 0 Å². The molecule has 0 fully saturated rings. The highest BCUT2D eigenvalue weighted by Crippen LogP contribution is 2.03. The van der Waals surface area contributed by atoms with Gasteiger partial charge in [0.1, 0.15) is 0 Å². The molecule has 3 N–H and O–H groups in total. The van der Waals surface area contributed by atoms with Crippen LogP contribution in [0, 0.1) is 0 Å². The molecule has 0 aromatic heterocycles. The molecular weight excluding hydrogens is 176 g/mol. The van der Waals surface area contributed by atoms with Crippen molar-refractivity contribution < 1.29 is 4.79 Å². The summed E-state index contributed by atoms with van der Waals surface area (Å²) in [4.78, 5) is 11.3. The number of rotatable bonds is 7. The summed E-state index contributed by atoms with van der Waals surface area (Å²) in [5, 5.41) is 2.95. The van der Waals surface area contributed by atoms with Gasteiger partial charge in [0.15, 0.2) is 0 Å². The van der Waals surface area contributed by atoms with Crippen molar-refractivity contribution in [2.45, 2.75) is 65.0 Å². The van der Waals surface area contributed by atoms with E-state index in [4.69, 9.17) is 5.73 Å². The molecule has 84 valence electrons. The minimum absolute atomic E-state index is 0.0437. The van der Waals surface area contributed by atoms with Gasteiger partial charge in [-0.2, -0.15) is 0 Å². The predicted octanol–water partition coefficient (Wildman–Crippen LogP) is 1.81. The molecule has 0 saturated carbocycles. The molecule has 0 radical (unpaired) electrons. The zero-order valence-electron chi connectivity index (χ0n) is 9.68. The smallest absolute Gasteiger partial charge is 0.221 e. The number of carbonyl (C=O) groups is 1. The van der Waals surface area contributed by atoms with Gasteiger partial charge in [-0.15, -0.1) is 0 Å². The zero-order chi connectivity index (χ0) is 11.0. The molecule has 0 heterocycles. The van der Waals surface area contributed by atoms with Gasteiger partial charge in [-0.3, -0.25) is 4.79 Å². The van der Waals surface area contributed by atoms with Crippen LogP contribution in [0.25, 0.3) is 0 Å². The van der Waals surface area contributed by atoms with Crippen LogP contribution in [0.4, 0.5) is 0 Å². The van der Waals surface area contributed by atoms with Gasteiger partial charge in [-0.25, -0.2) is 0 Å². The van der Waals surface area contributed by atoms with Crippen molar-refractivity contribution in [3.63, 3.8) is 0 Å². The summed E-state index contributed by atoms with van der Waals surface area (Å²) in [6, 6.07) is 0.241. The molecule has 0 aliphatic heterocycles. The van der Waals surface area contributed by atoms with Crippen LogP contribution in [0.15, 0.2) is 0 Å². The molecule has 3 nitrogen and oxygen atoms in total. The van der Waals surface area contributed by atoms with Crippen LogP contribution in [0.2, 0.25) is 0 Å². The van der Waals surface area contributed by atoms with Crippen molar-refractivity contribution >= 4 is 5.91 Å². The predicted molar refractivity (Wildman–Crippen MR) is 60.0 cm³/mol. The summed E-state index contributed by atoms with van der Waals surface area (Å²) in [5.74, 6) is 0.0731. The lowest BCUT2D eigenvalue weighted by Crippen LogP contribution is -2.35. The molecule has 2 unspecified atom stereocenters. The average molecular weight is 200 g/mol. The molecule has 1 amide bonds. The first-order valence-electron chi connectivity index (χ1n) is 5.61. The molecule has 0 aromatic rings. The minimum atomic E-state index is -0.0437. The Kier molecular flexibility index (Phi) is 7.48. The van der Waals surface area contributed by atoms with Crippen LogP contribution >= 0.6 is 0 Å². The minimum Gasteiger partial charge on any atom is -0.354 e. The number of carbonyl (C=O) groups excluding carboxylic acids is 1. The number of unbranched alkanes of at least 4 members (excludes halogenated alkanes) is 2. The lowest BCUT2D eigenvalue weighted by molar-refractivity contribution is -0.121. The quantitative estimate of drug-likeness (QED) is 0.616. The molecule has 0 aliphatic carbocycles. The summed E-state index contributed by atoms with van der Waals surface area (Å²) in [6.07, 6.45) is 5.15. The third-order valence-electron chi connectivity index (χ3n) is 2.16. The lowest BCUT2D eigenvalue weighted by atomic mass is 10.1. The molecule has 14 heavy (non-hydrogen) atoms. The van der Waals surface area contributed by atoms with Gasteiger partial charge in [0, 0.05) is 18.5 Å². The van der Waals surface area contributed by atoms with Crippen LogP contribution < -0.4 is 11.1 Å². The van der Waals surface area contributed by atoms with Crippen molar-refractivity contribution in [3.05, 3.63) is 0 Å². The summed E-state index contributed by atoms with van der Waals surface area (Å²) in [5.41, 5.74) is 5.53. The number of nitrogens with one attached hydrogen (secondary N) is 1. The highest BCUT2D eigenvalue weighted by atomic mass is 16.1. The topological polar surface area (TPSA) is 55.1 Å². The molecule has 0 rings (SSSR count). The van der Waals surface area contributed by atoms with E-state index in [9.17, 15) is 4.79 Å². The van der Waals surface area contributed by atoms with E-state index in [2.05, 4.69) is 19.2 Å². The molecule has 0 spiro atoms. The number of nitrogens with two attached hydrogens (primary N) is 1. The number of hydrogen-bond acceptors (Lipinski definition) is 2. The van der Waals surface area contributed by atoms with Crippen LogP contribution in [0.1, 0.15) is 52.9 Å². The van der Waals surface area contributed by atoms with Crippen molar-refractivity contribution in [3.8, 4) is 0 Å². The second kappa shape index (κ2) is 7.80. The number of amides is 1. The van der Waals surface area contributed by atoms with E-state index < -0.39 is 0 Å². The van der Waals surface area contributed by atoms with Gasteiger partial charge in [0.05, 0.1) is 0 Å². The van der Waals surface area contributed by atoms with E-state index in [-0.39, 0.29) is 18.0 Å². The van der Waals surface area contributed by atoms with Gasteiger partial charge in [-0.1, -0.05) is 26.2 Å². The Hall–Kier alpha value is -0.570. The van der Waals surface area contributed by atoms with Crippen molar-refractivity contribution in [2.24, 2.45) is 5.73 Å². The lowest BCUT2D eigenvalue weighted by Gasteiger charge is -2.14. The molecule has 2 atom stereocenters. The van der Waals surface area contributed by atoms with Crippen molar-refractivity contribution in [1.29, 1.82) is 0 Å². The Balaban J connectivity index is 3.50. The van der Waals surface area contributed by atoms with E-state index in [0.29, 0.717) is 6.42 Å². The zero-order valence-corrected chi connectivity index (χ0v) is 9.68. The van der Waals surface area contributed by atoms with E-state index in [1.165, 1.54) is 19.3 Å². The van der Waals surface area contributed by atoms with Gasteiger partial charge < -0.3 is 11.1 Å². The summed E-state index contributed by atoms with van der Waals surface area (Å²) >= 11 is 0. The second-order valence-corrected chi connectivity index (χ2v) is 4.15. The molecule has 0 saturated heterocycles. The highest BCUT2D eigenvalue weighted by Gasteiger charge is 2.08. The second-order valence-electron chi connectivity index (χ2n) is 4.15. The van der Waals surface area contributed by atoms with E-state index in [1.807, 2.05) is 6.92 Å². The third-order valence-corrected chi connectivity index (χ3v) is 2.16. The maximum Gasteiger partial charge on any atom is 0.221 e. The summed E-state index contributed by atoms with van der Waals surface area (Å²) in [7, 11) is 0. The van der Waals surface area contributed by atoms with Crippen LogP contribution in [-0.2, 0) is 4.79 Å². The molecule has 0 bridgehead atoms. The van der Waals surface area contributed by atoms with E-state index in [0.717, 1.165) is 6.42 Å². The highest BCUT2D eigenvalue weighted by molar-refractivity contribution is 5.76. The number of hydrogen-bond donors (Lipinski definition) is 2. The van der Waals surface area contributed by atoms with E-state index >= 15 is 0 Å². The van der Waals surface area contributed by atoms with Crippen LogP contribution in [0.3, 0.4) is 0 Å². The first-order chi connectivity index (χ1) is 6.56. The largest absolute Gasteiger partial charge is 0.354 e. The fourth-order valence-electron chi connectivity index (χ4n) is 1.40. The third kappa shape index (κ3) is 8.05. The Bertz CT molecular complexity index is 157. The van der Waals surface area contributed by atoms with Crippen molar-refractivity contribution in [2.75, 3.05) is 0 Å². The van der Waals surface area contributed by atoms with Gasteiger partial charge in [0.2, 0.25) is 5.91 Å².